The molecule has 0 saturated carbocycles. The van der Waals surface area contributed by atoms with Crippen LogP contribution in [0.5, 0.6) is 0 Å². The second-order valence-corrected chi connectivity index (χ2v) is 5.30. The minimum Gasteiger partial charge on any atom is -0.249 e. The molecule has 0 aliphatic heterocycles. The highest BCUT2D eigenvalue weighted by atomic mass is 15.4. The number of aromatic nitrogens is 3. The van der Waals surface area contributed by atoms with Crippen molar-refractivity contribution >= 4 is 0 Å². The van der Waals surface area contributed by atoms with E-state index in [4.69, 9.17) is 0 Å². The molecule has 1 aromatic heterocycles. The molecule has 3 nitrogen and oxygen atoms in total. The van der Waals surface area contributed by atoms with E-state index in [1.165, 1.54) is 24.1 Å². The highest BCUT2D eigenvalue weighted by molar-refractivity contribution is 4.97. The molecule has 0 bridgehead atoms. The summed E-state index contributed by atoms with van der Waals surface area (Å²) >= 11 is 0. The van der Waals surface area contributed by atoms with E-state index < -0.39 is 0 Å². The SMILES string of the molecule is CC(C)=CCCCc1cnnn1CCC(C)C. The Balaban J connectivity index is 2.37. The molecule has 96 valence electrons. The number of aryl methyl sites for hydroxylation is 2. The number of rotatable bonds is 7. The Morgan fingerprint density at radius 2 is 2.18 bits per heavy atom. The van der Waals surface area contributed by atoms with Gasteiger partial charge in [-0.3, -0.25) is 0 Å². The van der Waals surface area contributed by atoms with Crippen molar-refractivity contribution < 1.29 is 0 Å². The van der Waals surface area contributed by atoms with Crippen molar-refractivity contribution in [1.82, 2.24) is 15.0 Å². The Hall–Kier alpha value is -1.12. The molecule has 0 amide bonds. The average molecular weight is 235 g/mol. The Morgan fingerprint density at radius 3 is 2.82 bits per heavy atom. The van der Waals surface area contributed by atoms with Gasteiger partial charge in [-0.25, -0.2) is 4.68 Å². The molecule has 0 aliphatic rings. The lowest BCUT2D eigenvalue weighted by Gasteiger charge is -2.07. The van der Waals surface area contributed by atoms with E-state index in [9.17, 15) is 0 Å². The van der Waals surface area contributed by atoms with Gasteiger partial charge in [0.15, 0.2) is 0 Å². The van der Waals surface area contributed by atoms with E-state index in [2.05, 4.69) is 48.8 Å². The second-order valence-electron chi connectivity index (χ2n) is 5.30. The van der Waals surface area contributed by atoms with Gasteiger partial charge < -0.3 is 0 Å². The minimum absolute atomic E-state index is 0.720. The van der Waals surface area contributed by atoms with Crippen molar-refractivity contribution in [3.05, 3.63) is 23.5 Å². The van der Waals surface area contributed by atoms with Crippen LogP contribution in [0.4, 0.5) is 0 Å². The third-order valence-corrected chi connectivity index (χ3v) is 2.81. The molecule has 1 heterocycles. The second kappa shape index (κ2) is 7.25. The van der Waals surface area contributed by atoms with Gasteiger partial charge >= 0.3 is 0 Å². The van der Waals surface area contributed by atoms with Gasteiger partial charge in [0, 0.05) is 6.54 Å². The summed E-state index contributed by atoms with van der Waals surface area (Å²) < 4.78 is 2.06. The first-order valence-corrected chi connectivity index (χ1v) is 6.60. The predicted octanol–water partition coefficient (Wildman–Crippen LogP) is 3.61. The Morgan fingerprint density at radius 1 is 1.41 bits per heavy atom. The van der Waals surface area contributed by atoms with Crippen LogP contribution < -0.4 is 0 Å². The Bertz CT molecular complexity index is 346. The van der Waals surface area contributed by atoms with Gasteiger partial charge in [-0.05, 0) is 45.4 Å². The van der Waals surface area contributed by atoms with Crippen LogP contribution in [0.3, 0.4) is 0 Å². The van der Waals surface area contributed by atoms with Crippen LogP contribution >= 0.6 is 0 Å². The molecule has 0 fully saturated rings. The number of allylic oxidation sites excluding steroid dienone is 2. The van der Waals surface area contributed by atoms with Gasteiger partial charge in [0.25, 0.3) is 0 Å². The summed E-state index contributed by atoms with van der Waals surface area (Å²) in [6.07, 6.45) is 8.78. The smallest absolute Gasteiger partial charge is 0.0725 e. The number of hydrogen-bond donors (Lipinski definition) is 0. The third kappa shape index (κ3) is 5.66. The number of hydrogen-bond acceptors (Lipinski definition) is 2. The monoisotopic (exact) mass is 235 g/mol. The van der Waals surface area contributed by atoms with E-state index in [0.29, 0.717) is 0 Å². The van der Waals surface area contributed by atoms with Crippen molar-refractivity contribution in [2.75, 3.05) is 0 Å². The summed E-state index contributed by atoms with van der Waals surface area (Å²) in [6.45, 7) is 9.77. The van der Waals surface area contributed by atoms with E-state index in [1.54, 1.807) is 0 Å². The van der Waals surface area contributed by atoms with Crippen LogP contribution in [0.25, 0.3) is 0 Å². The molecule has 17 heavy (non-hydrogen) atoms. The molecular weight excluding hydrogens is 210 g/mol. The molecule has 0 aliphatic carbocycles. The van der Waals surface area contributed by atoms with Crippen molar-refractivity contribution in [2.24, 2.45) is 5.92 Å². The molecule has 3 heteroatoms. The first-order valence-electron chi connectivity index (χ1n) is 6.60. The lowest BCUT2D eigenvalue weighted by molar-refractivity contribution is 0.465. The summed E-state index contributed by atoms with van der Waals surface area (Å²) in [7, 11) is 0. The Labute approximate surface area is 105 Å². The topological polar surface area (TPSA) is 30.7 Å². The van der Waals surface area contributed by atoms with E-state index in [-0.39, 0.29) is 0 Å². The number of nitrogens with zero attached hydrogens (tertiary/aromatic N) is 3. The lowest BCUT2D eigenvalue weighted by atomic mass is 10.1. The molecule has 1 rings (SSSR count). The molecule has 0 atom stereocenters. The summed E-state index contributed by atoms with van der Waals surface area (Å²) in [6, 6.07) is 0. The van der Waals surface area contributed by atoms with Crippen LogP contribution in [0, 0.1) is 5.92 Å². The van der Waals surface area contributed by atoms with Crippen LogP contribution in [-0.4, -0.2) is 15.0 Å². The lowest BCUT2D eigenvalue weighted by Crippen LogP contribution is -2.07. The van der Waals surface area contributed by atoms with Crippen LogP contribution in [0.2, 0.25) is 0 Å². The van der Waals surface area contributed by atoms with Gasteiger partial charge in [0.1, 0.15) is 0 Å². The molecule has 0 aromatic carbocycles. The van der Waals surface area contributed by atoms with Gasteiger partial charge in [0.2, 0.25) is 0 Å². The molecule has 0 radical (unpaired) electrons. The van der Waals surface area contributed by atoms with Crippen molar-refractivity contribution in [1.29, 1.82) is 0 Å². The van der Waals surface area contributed by atoms with E-state index in [0.717, 1.165) is 25.3 Å². The standard InChI is InChI=1S/C14H25N3/c1-12(2)7-5-6-8-14-11-15-16-17(14)10-9-13(3)4/h7,11,13H,5-6,8-10H2,1-4H3. The molecular formula is C14H25N3. The molecule has 1 aromatic rings. The van der Waals surface area contributed by atoms with Gasteiger partial charge in [-0.2, -0.15) is 0 Å². The van der Waals surface area contributed by atoms with Crippen molar-refractivity contribution in [3.8, 4) is 0 Å². The first-order chi connectivity index (χ1) is 8.09. The van der Waals surface area contributed by atoms with E-state index in [1.807, 2.05) is 6.20 Å². The summed E-state index contributed by atoms with van der Waals surface area (Å²) in [4.78, 5) is 0. The Kier molecular flexibility index (Phi) is 5.95. The maximum Gasteiger partial charge on any atom is 0.0725 e. The molecule has 0 unspecified atom stereocenters. The normalized spacial score (nSPS) is 10.9. The predicted molar refractivity (Wildman–Crippen MR) is 71.8 cm³/mol. The van der Waals surface area contributed by atoms with Gasteiger partial charge in [-0.1, -0.05) is 30.7 Å². The average Bonchev–Trinajstić information content (AvgIpc) is 2.68. The van der Waals surface area contributed by atoms with Crippen molar-refractivity contribution in [2.45, 2.75) is 59.9 Å². The highest BCUT2D eigenvalue weighted by Crippen LogP contribution is 2.08. The zero-order chi connectivity index (χ0) is 12.7. The summed E-state index contributed by atoms with van der Waals surface area (Å²) in [5.41, 5.74) is 2.67. The molecule has 0 N–H and O–H groups in total. The van der Waals surface area contributed by atoms with Crippen LogP contribution in [0.1, 0.15) is 52.7 Å². The zero-order valence-electron chi connectivity index (χ0n) is 11.6. The molecule has 0 saturated heterocycles. The fraction of sp³-hybridized carbons (Fsp3) is 0.714. The fourth-order valence-electron chi connectivity index (χ4n) is 1.72. The summed E-state index contributed by atoms with van der Waals surface area (Å²) in [5.74, 6) is 0.720. The van der Waals surface area contributed by atoms with Crippen molar-refractivity contribution in [3.63, 3.8) is 0 Å². The quantitative estimate of drug-likeness (QED) is 0.534. The largest absolute Gasteiger partial charge is 0.249 e. The molecule has 0 spiro atoms. The van der Waals surface area contributed by atoms with E-state index >= 15 is 0 Å². The number of unbranched alkanes of at least 4 members (excludes halogenated alkanes) is 1. The first kappa shape index (κ1) is 13.9. The van der Waals surface area contributed by atoms with Crippen LogP contribution in [0.15, 0.2) is 17.8 Å². The maximum atomic E-state index is 4.15. The third-order valence-electron chi connectivity index (χ3n) is 2.81. The summed E-state index contributed by atoms with van der Waals surface area (Å²) in [5, 5.41) is 8.16. The maximum absolute atomic E-state index is 4.15. The minimum atomic E-state index is 0.720. The van der Waals surface area contributed by atoms with Gasteiger partial charge in [-0.15, -0.1) is 5.10 Å². The fourth-order valence-corrected chi connectivity index (χ4v) is 1.72. The highest BCUT2D eigenvalue weighted by Gasteiger charge is 2.04. The van der Waals surface area contributed by atoms with Crippen LogP contribution in [-0.2, 0) is 13.0 Å². The zero-order valence-corrected chi connectivity index (χ0v) is 11.6. The van der Waals surface area contributed by atoms with Gasteiger partial charge in [0.05, 0.1) is 11.9 Å².